The Morgan fingerprint density at radius 3 is 2.34 bits per heavy atom. The molecule has 0 heterocycles. The lowest BCUT2D eigenvalue weighted by Crippen LogP contribution is -2.62. The zero-order chi connectivity index (χ0) is 27.7. The van der Waals surface area contributed by atoms with Gasteiger partial charge >= 0.3 is 0 Å². The van der Waals surface area contributed by atoms with E-state index in [1.807, 2.05) is 7.11 Å². The monoisotopic (exact) mass is 523 g/mol. The van der Waals surface area contributed by atoms with E-state index < -0.39 is 0 Å². The zero-order valence-electron chi connectivity index (χ0n) is 25.4. The van der Waals surface area contributed by atoms with Crippen LogP contribution in [0, 0.1) is 51.2 Å². The topological polar surface area (TPSA) is 55.4 Å². The Morgan fingerprint density at radius 2 is 1.71 bits per heavy atom. The Labute approximate surface area is 231 Å². The first kappa shape index (κ1) is 28.1. The third kappa shape index (κ3) is 3.71. The van der Waals surface area contributed by atoms with E-state index in [9.17, 15) is 9.59 Å². The number of Topliss-reactive ketones (excluding diaryl/α,β-unsaturated/α-hetero) is 1. The number of hydrogen-bond acceptors (Lipinski definition) is 4. The molecule has 0 amide bonds. The number of aldehydes is 1. The maximum absolute atomic E-state index is 13.7. The van der Waals surface area contributed by atoms with Crippen molar-refractivity contribution >= 4 is 12.1 Å². The fraction of sp³-hybridized carbons (Fsp3) is 0.824. The van der Waals surface area contributed by atoms with Crippen molar-refractivity contribution < 1.29 is 14.3 Å². The molecule has 5 rings (SSSR count). The number of methoxy groups -OCH3 is 1. The third-order valence-electron chi connectivity index (χ3n) is 12.9. The molecule has 0 aliphatic heterocycles. The number of carbonyl (C=O) groups excluding carboxylic acids is 2. The molecule has 0 spiro atoms. The molecule has 0 saturated heterocycles. The molecular weight excluding hydrogens is 470 g/mol. The smallest absolute Gasteiger partial charge is 0.160 e. The number of ketones is 1. The van der Waals surface area contributed by atoms with Crippen LogP contribution in [0.5, 0.6) is 0 Å². The van der Waals surface area contributed by atoms with Crippen LogP contribution in [0.1, 0.15) is 106 Å². The molecular formula is C34H53NO3. The van der Waals surface area contributed by atoms with Gasteiger partial charge in [0.1, 0.15) is 6.29 Å². The van der Waals surface area contributed by atoms with Gasteiger partial charge in [0, 0.05) is 31.2 Å². The van der Waals surface area contributed by atoms with Crippen LogP contribution < -0.4 is 5.32 Å². The molecule has 5 aliphatic carbocycles. The summed E-state index contributed by atoms with van der Waals surface area (Å²) < 4.78 is 6.04. The van der Waals surface area contributed by atoms with E-state index >= 15 is 0 Å². The average Bonchev–Trinajstić information content (AvgIpc) is 3.16. The highest BCUT2D eigenvalue weighted by Gasteiger charge is 2.66. The summed E-state index contributed by atoms with van der Waals surface area (Å²) in [6.45, 7) is 17.5. The van der Waals surface area contributed by atoms with E-state index in [0.717, 1.165) is 42.9 Å². The predicted molar refractivity (Wildman–Crippen MR) is 153 cm³/mol. The largest absolute Gasteiger partial charge is 0.388 e. The number of hydrogen-bond donors (Lipinski definition) is 1. The van der Waals surface area contributed by atoms with Crippen molar-refractivity contribution in [3.8, 4) is 0 Å². The van der Waals surface area contributed by atoms with Crippen molar-refractivity contribution in [2.45, 2.75) is 112 Å². The van der Waals surface area contributed by atoms with Crippen LogP contribution in [-0.2, 0) is 14.3 Å². The van der Waals surface area contributed by atoms with Gasteiger partial charge in [0.15, 0.2) is 5.78 Å². The number of ether oxygens (including phenoxy) is 1. The molecule has 38 heavy (non-hydrogen) atoms. The molecule has 4 heteroatoms. The van der Waals surface area contributed by atoms with Crippen molar-refractivity contribution in [1.29, 1.82) is 0 Å². The van der Waals surface area contributed by atoms with E-state index in [2.05, 4.69) is 53.8 Å². The number of carbonyl (C=O) groups is 2. The molecule has 4 fully saturated rings. The second kappa shape index (κ2) is 9.60. The van der Waals surface area contributed by atoms with Crippen molar-refractivity contribution in [1.82, 2.24) is 5.32 Å². The van der Waals surface area contributed by atoms with Crippen molar-refractivity contribution in [3.63, 3.8) is 0 Å². The van der Waals surface area contributed by atoms with Crippen LogP contribution in [0.4, 0.5) is 0 Å². The summed E-state index contributed by atoms with van der Waals surface area (Å²) in [7, 11) is 1.91. The number of fused-ring (bicyclic) bond motifs is 7. The van der Waals surface area contributed by atoms with Gasteiger partial charge in [-0.1, -0.05) is 41.5 Å². The minimum atomic E-state index is -0.308. The molecule has 4 saturated carbocycles. The fourth-order valence-electron chi connectivity index (χ4n) is 11.7. The third-order valence-corrected chi connectivity index (χ3v) is 12.9. The second-order valence-corrected chi connectivity index (χ2v) is 15.0. The summed E-state index contributed by atoms with van der Waals surface area (Å²) in [6, 6.07) is 0. The molecule has 0 aromatic heterocycles. The summed E-state index contributed by atoms with van der Waals surface area (Å²) in [6.07, 6.45) is 13.1. The summed E-state index contributed by atoms with van der Waals surface area (Å²) in [5.41, 5.74) is 4.05. The first-order valence-corrected chi connectivity index (χ1v) is 15.6. The van der Waals surface area contributed by atoms with E-state index in [1.54, 1.807) is 6.08 Å². The molecule has 0 aromatic carbocycles. The summed E-state index contributed by atoms with van der Waals surface area (Å²) in [5, 5.41) is 3.55. The van der Waals surface area contributed by atoms with Gasteiger partial charge in [0.2, 0.25) is 0 Å². The lowest BCUT2D eigenvalue weighted by Gasteiger charge is -2.69. The van der Waals surface area contributed by atoms with Crippen LogP contribution in [0.3, 0.4) is 0 Å². The molecule has 0 bridgehead atoms. The van der Waals surface area contributed by atoms with Crippen molar-refractivity contribution in [3.05, 3.63) is 22.9 Å². The normalized spacial score (nSPS) is 44.3. The highest BCUT2D eigenvalue weighted by Crippen LogP contribution is 2.73. The highest BCUT2D eigenvalue weighted by molar-refractivity contribution is 6.01. The molecule has 1 N–H and O–H groups in total. The summed E-state index contributed by atoms with van der Waals surface area (Å²) >= 11 is 0. The van der Waals surface area contributed by atoms with E-state index in [1.165, 1.54) is 44.1 Å². The van der Waals surface area contributed by atoms with Gasteiger partial charge in [-0.2, -0.15) is 0 Å². The standard InChI is InChI=1S/C34H53NO3/c1-9-35-27(15-19-36)34-18-12-23-22(30(34)29(21(2)3)24(37)20-34)10-11-26-32(23,6)16-13-25-31(4,5)28(38-8)14-17-33(25,26)7/h15,19,21-23,25-26,28,35H,9-14,16-18,20H2,1-8H3/b27-15-/t22?,23?,25-,26-,28?,32?,33?,34?/m0/s1. The minimum Gasteiger partial charge on any atom is -0.388 e. The Kier molecular flexibility index (Phi) is 7.10. The van der Waals surface area contributed by atoms with Gasteiger partial charge in [-0.3, -0.25) is 9.59 Å². The average molecular weight is 524 g/mol. The van der Waals surface area contributed by atoms with Gasteiger partial charge in [-0.15, -0.1) is 0 Å². The molecule has 6 unspecified atom stereocenters. The number of nitrogens with one attached hydrogen (secondary N) is 1. The fourth-order valence-corrected chi connectivity index (χ4v) is 11.7. The van der Waals surface area contributed by atoms with Gasteiger partial charge in [-0.25, -0.2) is 0 Å². The Balaban J connectivity index is 1.57. The van der Waals surface area contributed by atoms with Crippen molar-refractivity contribution in [2.24, 2.45) is 51.2 Å². The first-order valence-electron chi connectivity index (χ1n) is 15.6. The van der Waals surface area contributed by atoms with Crippen molar-refractivity contribution in [2.75, 3.05) is 13.7 Å². The quantitative estimate of drug-likeness (QED) is 0.293. The molecule has 0 aromatic rings. The number of rotatable bonds is 6. The van der Waals surface area contributed by atoms with Crippen LogP contribution in [0.25, 0.3) is 0 Å². The predicted octanol–water partition coefficient (Wildman–Crippen LogP) is 7.28. The van der Waals surface area contributed by atoms with Crippen LogP contribution in [0.2, 0.25) is 0 Å². The minimum absolute atomic E-state index is 0.202. The van der Waals surface area contributed by atoms with Gasteiger partial charge in [0.25, 0.3) is 0 Å². The van der Waals surface area contributed by atoms with Gasteiger partial charge in [0.05, 0.1) is 6.10 Å². The lowest BCUT2D eigenvalue weighted by molar-refractivity contribution is -0.207. The first-order chi connectivity index (χ1) is 17.9. The maximum Gasteiger partial charge on any atom is 0.160 e. The van der Waals surface area contributed by atoms with E-state index in [4.69, 9.17) is 4.74 Å². The summed E-state index contributed by atoms with van der Waals surface area (Å²) in [4.78, 5) is 25.5. The molecule has 212 valence electrons. The van der Waals surface area contributed by atoms with Gasteiger partial charge < -0.3 is 10.1 Å². The van der Waals surface area contributed by atoms with Gasteiger partial charge in [-0.05, 0) is 121 Å². The van der Waals surface area contributed by atoms with Crippen LogP contribution >= 0.6 is 0 Å². The molecule has 5 aliphatic rings. The Bertz CT molecular complexity index is 1040. The van der Waals surface area contributed by atoms with Crippen LogP contribution in [-0.4, -0.2) is 31.8 Å². The zero-order valence-corrected chi connectivity index (χ0v) is 25.4. The summed E-state index contributed by atoms with van der Waals surface area (Å²) in [5.74, 6) is 3.03. The Hall–Kier alpha value is -1.42. The maximum atomic E-state index is 13.7. The molecule has 8 atom stereocenters. The lowest BCUT2D eigenvalue weighted by atomic mass is 9.36. The number of allylic oxidation sites excluding steroid dienone is 3. The van der Waals surface area contributed by atoms with E-state index in [0.29, 0.717) is 46.9 Å². The van der Waals surface area contributed by atoms with E-state index in [-0.39, 0.29) is 16.7 Å². The SMILES string of the molecule is CCN/C(=C\C=O)C12CCC3C(CC[C@H]4C3(C)CC[C@H]3C(C)(C)C(OC)CCC34C)C1=C(C(C)C)C(=O)C2. The highest BCUT2D eigenvalue weighted by atomic mass is 16.5. The Morgan fingerprint density at radius 1 is 1.00 bits per heavy atom. The molecule has 4 nitrogen and oxygen atoms in total. The van der Waals surface area contributed by atoms with Crippen LogP contribution in [0.15, 0.2) is 22.9 Å². The molecule has 0 radical (unpaired) electrons. The second-order valence-electron chi connectivity index (χ2n) is 15.0.